The maximum atomic E-state index is 13.7. The maximum Gasteiger partial charge on any atom is 0.469 e. The lowest BCUT2D eigenvalue weighted by Gasteiger charge is -2.29. The summed E-state index contributed by atoms with van der Waals surface area (Å²) in [5.41, 5.74) is 0.783. The van der Waals surface area contributed by atoms with Gasteiger partial charge in [0.15, 0.2) is 11.6 Å². The van der Waals surface area contributed by atoms with E-state index in [1.54, 1.807) is 12.1 Å². The third-order valence-corrected chi connectivity index (χ3v) is 6.73. The molecule has 16 heteroatoms. The molecule has 2 atom stereocenters. The predicted octanol–water partition coefficient (Wildman–Crippen LogP) is 4.14. The third kappa shape index (κ3) is 10.2. The summed E-state index contributed by atoms with van der Waals surface area (Å²) in [4.78, 5) is 44.3. The van der Waals surface area contributed by atoms with Crippen LogP contribution in [0.2, 0.25) is 5.02 Å². The number of aryl methyl sites for hydroxylation is 1. The van der Waals surface area contributed by atoms with Crippen LogP contribution in [0.4, 0.5) is 19.4 Å². The first kappa shape index (κ1) is 32.1. The van der Waals surface area contributed by atoms with Crippen LogP contribution < -0.4 is 5.32 Å². The Balaban J connectivity index is 1.63. The summed E-state index contributed by atoms with van der Waals surface area (Å²) in [5.74, 6) is -1.47. The Morgan fingerprint density at radius 3 is 2.61 bits per heavy atom. The SMILES string of the molecule is CN(C(=O)CCc1cccc(F)c1Cl)[C@H](COC(=O)Nc1cc(-c2cccc(F)c2)on1)C[C@@H](O)COP(=O)(O)O. The van der Waals surface area contributed by atoms with Crippen LogP contribution in [0, 0.1) is 11.6 Å². The van der Waals surface area contributed by atoms with Crippen molar-refractivity contribution in [2.75, 3.05) is 25.6 Å². The Morgan fingerprint density at radius 1 is 1.17 bits per heavy atom. The molecule has 3 rings (SSSR count). The minimum Gasteiger partial charge on any atom is -0.447 e. The van der Waals surface area contributed by atoms with E-state index in [0.717, 1.165) is 0 Å². The number of amides is 2. The zero-order chi connectivity index (χ0) is 30.2. The van der Waals surface area contributed by atoms with Crippen molar-refractivity contribution >= 4 is 37.2 Å². The number of carbonyl (C=O) groups is 2. The number of halogens is 3. The lowest BCUT2D eigenvalue weighted by Crippen LogP contribution is -2.43. The first-order valence-electron chi connectivity index (χ1n) is 12.1. The Kier molecular flexibility index (Phi) is 11.4. The van der Waals surface area contributed by atoms with Crippen molar-refractivity contribution in [3.63, 3.8) is 0 Å². The summed E-state index contributed by atoms with van der Waals surface area (Å²) in [7, 11) is -3.49. The van der Waals surface area contributed by atoms with Crippen molar-refractivity contribution in [2.24, 2.45) is 0 Å². The van der Waals surface area contributed by atoms with Gasteiger partial charge in [-0.15, -0.1) is 0 Å². The van der Waals surface area contributed by atoms with E-state index in [4.69, 9.17) is 30.6 Å². The number of phosphoric acid groups is 1. The van der Waals surface area contributed by atoms with E-state index >= 15 is 0 Å². The third-order valence-electron chi connectivity index (χ3n) is 5.82. The lowest BCUT2D eigenvalue weighted by atomic mass is 10.1. The predicted molar refractivity (Wildman–Crippen MR) is 142 cm³/mol. The molecule has 2 aromatic carbocycles. The van der Waals surface area contributed by atoms with E-state index in [0.29, 0.717) is 11.1 Å². The lowest BCUT2D eigenvalue weighted by molar-refractivity contribution is -0.133. The molecule has 0 unspecified atom stereocenters. The van der Waals surface area contributed by atoms with Gasteiger partial charge in [0.25, 0.3) is 0 Å². The number of rotatable bonds is 13. The van der Waals surface area contributed by atoms with Gasteiger partial charge in [0, 0.05) is 25.1 Å². The highest BCUT2D eigenvalue weighted by molar-refractivity contribution is 7.46. The molecule has 2 amide bonds. The van der Waals surface area contributed by atoms with Gasteiger partial charge >= 0.3 is 13.9 Å². The van der Waals surface area contributed by atoms with Gasteiger partial charge in [-0.1, -0.05) is 41.0 Å². The van der Waals surface area contributed by atoms with Crippen molar-refractivity contribution in [1.82, 2.24) is 10.1 Å². The number of benzene rings is 2. The van der Waals surface area contributed by atoms with Crippen LogP contribution >= 0.6 is 19.4 Å². The number of anilines is 1. The summed E-state index contributed by atoms with van der Waals surface area (Å²) in [6, 6.07) is 10.1. The first-order chi connectivity index (χ1) is 19.3. The smallest absolute Gasteiger partial charge is 0.447 e. The second kappa shape index (κ2) is 14.5. The van der Waals surface area contributed by atoms with Crippen LogP contribution in [-0.4, -0.2) is 69.4 Å². The Morgan fingerprint density at radius 2 is 1.90 bits per heavy atom. The number of hydrogen-bond donors (Lipinski definition) is 4. The number of carbonyl (C=O) groups excluding carboxylic acids is 2. The van der Waals surface area contributed by atoms with E-state index in [-0.39, 0.29) is 35.9 Å². The van der Waals surface area contributed by atoms with Crippen molar-refractivity contribution in [3.05, 3.63) is 70.8 Å². The molecule has 0 radical (unpaired) electrons. The minimum absolute atomic E-state index is 0.0442. The minimum atomic E-state index is -4.87. The summed E-state index contributed by atoms with van der Waals surface area (Å²) in [5, 5.41) is 16.1. The van der Waals surface area contributed by atoms with E-state index in [2.05, 4.69) is 15.0 Å². The van der Waals surface area contributed by atoms with Gasteiger partial charge in [0.05, 0.1) is 23.8 Å². The molecule has 0 saturated heterocycles. The van der Waals surface area contributed by atoms with E-state index < -0.39 is 56.8 Å². The molecule has 1 heterocycles. The number of nitrogens with one attached hydrogen (secondary N) is 1. The van der Waals surface area contributed by atoms with Gasteiger partial charge in [-0.2, -0.15) is 0 Å². The highest BCUT2D eigenvalue weighted by atomic mass is 35.5. The number of hydrogen-bond acceptors (Lipinski definition) is 8. The van der Waals surface area contributed by atoms with Gasteiger partial charge in [0.1, 0.15) is 18.2 Å². The second-order valence-corrected chi connectivity index (χ2v) is 10.5. The van der Waals surface area contributed by atoms with Crippen molar-refractivity contribution < 1.29 is 51.6 Å². The topological polar surface area (TPSA) is 172 Å². The molecule has 1 aromatic heterocycles. The standard InChI is InChI=1S/C25H27ClF2N3O9P/c1-31(23(33)9-8-15-4-3-7-20(28)24(15)26)18(11-19(32)14-39-41(35,36)37)13-38-25(34)29-22-12-21(40-30-22)16-5-2-6-17(27)10-16/h2-7,10,12,18-19,32H,8-9,11,13-14H2,1H3,(H,29,30,34)(H2,35,36,37)/t18-,19+/m0/s1. The van der Waals surface area contributed by atoms with Crippen LogP contribution in [0.3, 0.4) is 0 Å². The molecule has 0 aliphatic rings. The molecule has 41 heavy (non-hydrogen) atoms. The van der Waals surface area contributed by atoms with Crippen LogP contribution in [0.25, 0.3) is 11.3 Å². The van der Waals surface area contributed by atoms with Gasteiger partial charge in [-0.3, -0.25) is 14.6 Å². The van der Waals surface area contributed by atoms with Crippen LogP contribution in [0.15, 0.2) is 53.1 Å². The van der Waals surface area contributed by atoms with Gasteiger partial charge in [-0.25, -0.2) is 18.1 Å². The molecular formula is C25H27ClF2N3O9P. The fourth-order valence-electron chi connectivity index (χ4n) is 3.69. The molecule has 222 valence electrons. The number of aliphatic hydroxyl groups is 1. The van der Waals surface area contributed by atoms with Gasteiger partial charge in [0.2, 0.25) is 5.91 Å². The quantitative estimate of drug-likeness (QED) is 0.204. The van der Waals surface area contributed by atoms with E-state index in [1.165, 1.54) is 48.3 Å². The largest absolute Gasteiger partial charge is 0.469 e. The molecule has 0 aliphatic carbocycles. The van der Waals surface area contributed by atoms with Crippen LogP contribution in [-0.2, 0) is 25.0 Å². The first-order valence-corrected chi connectivity index (χ1v) is 14.0. The fraction of sp³-hybridized carbons (Fsp3) is 0.320. The van der Waals surface area contributed by atoms with Crippen LogP contribution in [0.5, 0.6) is 0 Å². The molecule has 12 nitrogen and oxygen atoms in total. The Hall–Kier alpha value is -3.39. The van der Waals surface area contributed by atoms with E-state index in [9.17, 15) is 28.0 Å². The average Bonchev–Trinajstić information content (AvgIpc) is 3.38. The summed E-state index contributed by atoms with van der Waals surface area (Å²) in [6.45, 7) is -1.20. The summed E-state index contributed by atoms with van der Waals surface area (Å²) >= 11 is 5.95. The maximum absolute atomic E-state index is 13.7. The highest BCUT2D eigenvalue weighted by Gasteiger charge is 2.27. The van der Waals surface area contributed by atoms with Crippen LogP contribution in [0.1, 0.15) is 18.4 Å². The molecular weight excluding hydrogens is 591 g/mol. The number of phosphoric ester groups is 1. The molecule has 3 aromatic rings. The van der Waals surface area contributed by atoms with Crippen molar-refractivity contribution in [1.29, 1.82) is 0 Å². The zero-order valence-corrected chi connectivity index (χ0v) is 23.2. The monoisotopic (exact) mass is 617 g/mol. The molecule has 0 bridgehead atoms. The Bertz CT molecular complexity index is 1400. The van der Waals surface area contributed by atoms with Gasteiger partial charge in [-0.05, 0) is 36.6 Å². The highest BCUT2D eigenvalue weighted by Crippen LogP contribution is 2.36. The zero-order valence-electron chi connectivity index (χ0n) is 21.6. The summed E-state index contributed by atoms with van der Waals surface area (Å²) < 4.78 is 52.8. The van der Waals surface area contributed by atoms with Crippen molar-refractivity contribution in [2.45, 2.75) is 31.4 Å². The Labute approximate surface area is 238 Å². The second-order valence-electron chi connectivity index (χ2n) is 8.86. The normalized spacial score (nSPS) is 13.0. The van der Waals surface area contributed by atoms with E-state index in [1.807, 2.05) is 0 Å². The number of aliphatic hydroxyl groups excluding tert-OH is 1. The average molecular weight is 618 g/mol. The molecule has 0 aliphatic heterocycles. The van der Waals surface area contributed by atoms with Crippen molar-refractivity contribution in [3.8, 4) is 11.3 Å². The number of likely N-dealkylation sites (N-methyl/N-ethyl adjacent to an activating group) is 1. The van der Waals surface area contributed by atoms with Gasteiger partial charge < -0.3 is 29.1 Å². The molecule has 4 N–H and O–H groups in total. The summed E-state index contributed by atoms with van der Waals surface area (Å²) in [6.07, 6.45) is -2.75. The molecule has 0 saturated carbocycles. The molecule has 0 spiro atoms. The fourth-order valence-corrected chi connectivity index (χ4v) is 4.28. The number of aromatic nitrogens is 1. The number of ether oxygens (including phenoxy) is 1. The number of nitrogens with zero attached hydrogens (tertiary/aromatic N) is 2. The molecule has 0 fully saturated rings.